The molecule has 28 heavy (non-hydrogen) atoms. The van der Waals surface area contributed by atoms with Crippen LogP contribution in [0.5, 0.6) is 11.5 Å². The van der Waals surface area contributed by atoms with E-state index < -0.39 is 23.3 Å². The molecule has 0 saturated heterocycles. The van der Waals surface area contributed by atoms with Crippen LogP contribution in [0, 0.1) is 5.92 Å². The fraction of sp³-hybridized carbons (Fsp3) is 0.450. The molecular formula is C20H24N2O6. The summed E-state index contributed by atoms with van der Waals surface area (Å²) in [5, 5.41) is 3.02. The van der Waals surface area contributed by atoms with Gasteiger partial charge in [0.25, 0.3) is 5.91 Å². The minimum absolute atomic E-state index is 0.0366. The Kier molecular flexibility index (Phi) is 5.58. The van der Waals surface area contributed by atoms with Gasteiger partial charge in [-0.25, -0.2) is 4.79 Å². The number of carbonyl (C=O) groups is 2. The van der Waals surface area contributed by atoms with Crippen LogP contribution >= 0.6 is 0 Å². The van der Waals surface area contributed by atoms with Crippen molar-refractivity contribution >= 4 is 22.8 Å². The molecule has 2 aromatic rings. The molecule has 1 aliphatic rings. The Labute approximate surface area is 162 Å². The second kappa shape index (κ2) is 7.92. The summed E-state index contributed by atoms with van der Waals surface area (Å²) in [5.74, 6) is -0.255. The second-order valence-electron chi connectivity index (χ2n) is 6.74. The molecule has 3 rings (SSSR count). The molecule has 1 aliphatic heterocycles. The lowest BCUT2D eigenvalue weighted by Gasteiger charge is -2.22. The van der Waals surface area contributed by atoms with E-state index in [0.717, 1.165) is 0 Å². The van der Waals surface area contributed by atoms with Crippen LogP contribution in [-0.2, 0) is 16.1 Å². The first-order chi connectivity index (χ1) is 13.4. The maximum absolute atomic E-state index is 13.0. The molecule has 0 aliphatic carbocycles. The van der Waals surface area contributed by atoms with E-state index in [1.165, 1.54) is 13.3 Å². The van der Waals surface area contributed by atoms with Crippen LogP contribution < -0.4 is 20.2 Å². The van der Waals surface area contributed by atoms with E-state index in [4.69, 9.17) is 14.2 Å². The van der Waals surface area contributed by atoms with Crippen LogP contribution in [0.3, 0.4) is 0 Å². The predicted molar refractivity (Wildman–Crippen MR) is 103 cm³/mol. The maximum atomic E-state index is 13.0. The number of fused-ring (bicyclic) bond motifs is 2. The lowest BCUT2D eigenvalue weighted by molar-refractivity contribution is -0.144. The van der Waals surface area contributed by atoms with Crippen molar-refractivity contribution in [3.05, 3.63) is 34.1 Å². The Morgan fingerprint density at radius 3 is 2.54 bits per heavy atom. The third kappa shape index (κ3) is 3.42. The summed E-state index contributed by atoms with van der Waals surface area (Å²) in [4.78, 5) is 38.0. The number of hydrogen-bond acceptors (Lipinski definition) is 6. The van der Waals surface area contributed by atoms with Crippen molar-refractivity contribution in [1.29, 1.82) is 0 Å². The number of benzene rings is 1. The predicted octanol–water partition coefficient (Wildman–Crippen LogP) is 2.07. The van der Waals surface area contributed by atoms with E-state index >= 15 is 0 Å². The molecule has 1 amide bonds. The molecule has 0 bridgehead atoms. The summed E-state index contributed by atoms with van der Waals surface area (Å²) in [6, 6.07) is 2.50. The van der Waals surface area contributed by atoms with Gasteiger partial charge in [-0.15, -0.1) is 0 Å². The summed E-state index contributed by atoms with van der Waals surface area (Å²) < 4.78 is 17.3. The van der Waals surface area contributed by atoms with Gasteiger partial charge in [-0.2, -0.15) is 0 Å². The summed E-state index contributed by atoms with van der Waals surface area (Å²) in [7, 11) is 1.27. The van der Waals surface area contributed by atoms with Crippen molar-refractivity contribution in [2.75, 3.05) is 13.9 Å². The van der Waals surface area contributed by atoms with E-state index in [9.17, 15) is 14.4 Å². The van der Waals surface area contributed by atoms with Crippen LogP contribution in [0.1, 0.15) is 37.6 Å². The van der Waals surface area contributed by atoms with Crippen LogP contribution in [0.2, 0.25) is 0 Å². The SMILES string of the molecule is CC[C@H](C)[C@H](NC(=O)c1cn(CC)c2cc3c(cc2c1=O)OCO3)C(=O)OC. The summed E-state index contributed by atoms with van der Waals surface area (Å²) in [5.41, 5.74) is 0.188. The Bertz CT molecular complexity index is 981. The highest BCUT2D eigenvalue weighted by molar-refractivity contribution is 5.99. The van der Waals surface area contributed by atoms with Crippen LogP contribution in [0.4, 0.5) is 0 Å². The van der Waals surface area contributed by atoms with Gasteiger partial charge >= 0.3 is 5.97 Å². The maximum Gasteiger partial charge on any atom is 0.328 e. The quantitative estimate of drug-likeness (QED) is 0.761. The smallest absolute Gasteiger partial charge is 0.328 e. The fourth-order valence-corrected chi connectivity index (χ4v) is 3.22. The zero-order chi connectivity index (χ0) is 20.4. The number of pyridine rings is 1. The number of nitrogens with zero attached hydrogens (tertiary/aromatic N) is 1. The van der Waals surface area contributed by atoms with E-state index in [-0.39, 0.29) is 18.3 Å². The molecule has 0 radical (unpaired) electrons. The molecule has 1 aromatic carbocycles. The van der Waals surface area contributed by atoms with E-state index in [1.807, 2.05) is 20.8 Å². The first kappa shape index (κ1) is 19.7. The fourth-order valence-electron chi connectivity index (χ4n) is 3.22. The van der Waals surface area contributed by atoms with Crippen molar-refractivity contribution in [2.45, 2.75) is 39.8 Å². The molecule has 1 aromatic heterocycles. The highest BCUT2D eigenvalue weighted by Crippen LogP contribution is 2.35. The lowest BCUT2D eigenvalue weighted by atomic mass is 9.98. The topological polar surface area (TPSA) is 95.9 Å². The largest absolute Gasteiger partial charge is 0.467 e. The number of aryl methyl sites for hydroxylation is 1. The lowest BCUT2D eigenvalue weighted by Crippen LogP contribution is -2.46. The molecule has 2 heterocycles. The van der Waals surface area contributed by atoms with Gasteiger partial charge < -0.3 is 24.1 Å². The average molecular weight is 388 g/mol. The zero-order valence-corrected chi connectivity index (χ0v) is 16.4. The van der Waals surface area contributed by atoms with Crippen molar-refractivity contribution in [1.82, 2.24) is 9.88 Å². The first-order valence-corrected chi connectivity index (χ1v) is 9.26. The first-order valence-electron chi connectivity index (χ1n) is 9.26. The van der Waals surface area contributed by atoms with Crippen molar-refractivity contribution in [3.8, 4) is 11.5 Å². The van der Waals surface area contributed by atoms with Gasteiger partial charge in [0.2, 0.25) is 12.2 Å². The summed E-state index contributed by atoms with van der Waals surface area (Å²) >= 11 is 0. The minimum Gasteiger partial charge on any atom is -0.467 e. The third-order valence-electron chi connectivity index (χ3n) is 5.11. The molecule has 8 nitrogen and oxygen atoms in total. The number of aromatic nitrogens is 1. The number of amides is 1. The summed E-state index contributed by atoms with van der Waals surface area (Å²) in [6.07, 6.45) is 2.17. The standard InChI is InChI=1S/C20H24N2O6/c1-5-11(3)17(20(25)26-4)21-19(24)13-9-22(6-2)14-8-16-15(27-10-28-16)7-12(14)18(13)23/h7-9,11,17H,5-6,10H2,1-4H3,(H,21,24)/t11-,17-/m0/s1. The normalized spacial score (nSPS) is 14.6. The van der Waals surface area contributed by atoms with Crippen LogP contribution in [0.15, 0.2) is 23.1 Å². The monoisotopic (exact) mass is 388 g/mol. The highest BCUT2D eigenvalue weighted by Gasteiger charge is 2.28. The third-order valence-corrected chi connectivity index (χ3v) is 5.11. The molecule has 0 unspecified atom stereocenters. The Hall–Kier alpha value is -3.03. The van der Waals surface area contributed by atoms with Crippen LogP contribution in [0.25, 0.3) is 10.9 Å². The van der Waals surface area contributed by atoms with Gasteiger partial charge in [0.15, 0.2) is 11.5 Å². The zero-order valence-electron chi connectivity index (χ0n) is 16.4. The van der Waals surface area contributed by atoms with Crippen LogP contribution in [-0.4, -0.2) is 36.4 Å². The number of ether oxygens (including phenoxy) is 3. The molecule has 2 atom stereocenters. The van der Waals surface area contributed by atoms with Gasteiger partial charge in [0.05, 0.1) is 18.0 Å². The molecule has 0 fully saturated rings. The molecule has 0 saturated carbocycles. The van der Waals surface area contributed by atoms with E-state index in [0.29, 0.717) is 35.4 Å². The van der Waals surface area contributed by atoms with Gasteiger partial charge in [-0.3, -0.25) is 9.59 Å². The van der Waals surface area contributed by atoms with Crippen molar-refractivity contribution < 1.29 is 23.8 Å². The van der Waals surface area contributed by atoms with Gasteiger partial charge in [0.1, 0.15) is 11.6 Å². The number of nitrogens with one attached hydrogen (secondary N) is 1. The molecule has 8 heteroatoms. The molecule has 150 valence electrons. The van der Waals surface area contributed by atoms with Crippen molar-refractivity contribution in [2.24, 2.45) is 5.92 Å². The van der Waals surface area contributed by atoms with E-state index in [1.54, 1.807) is 16.7 Å². The number of carbonyl (C=O) groups excluding carboxylic acids is 2. The van der Waals surface area contributed by atoms with Gasteiger partial charge in [-0.05, 0) is 18.9 Å². The molecule has 1 N–H and O–H groups in total. The summed E-state index contributed by atoms with van der Waals surface area (Å²) in [6.45, 7) is 6.30. The van der Waals surface area contributed by atoms with Gasteiger partial charge in [-0.1, -0.05) is 20.3 Å². The van der Waals surface area contributed by atoms with E-state index in [2.05, 4.69) is 5.32 Å². The Balaban J connectivity index is 2.06. The Morgan fingerprint density at radius 2 is 1.93 bits per heavy atom. The highest BCUT2D eigenvalue weighted by atomic mass is 16.7. The second-order valence-corrected chi connectivity index (χ2v) is 6.74. The average Bonchev–Trinajstić information content (AvgIpc) is 3.17. The number of hydrogen-bond donors (Lipinski definition) is 1. The molecular weight excluding hydrogens is 364 g/mol. The number of methoxy groups -OCH3 is 1. The van der Waals surface area contributed by atoms with Gasteiger partial charge in [0, 0.05) is 18.8 Å². The van der Waals surface area contributed by atoms with Crippen molar-refractivity contribution in [3.63, 3.8) is 0 Å². The number of rotatable bonds is 6. The Morgan fingerprint density at radius 1 is 1.25 bits per heavy atom. The minimum atomic E-state index is -0.829. The molecule has 0 spiro atoms. The number of esters is 1.